The number of hydrogen-bond acceptors (Lipinski definition) is 2. The Labute approximate surface area is 98.0 Å². The number of aromatic nitrogens is 1. The van der Waals surface area contributed by atoms with E-state index >= 15 is 0 Å². The van der Waals surface area contributed by atoms with Gasteiger partial charge in [-0.15, -0.1) is 0 Å². The molecule has 0 radical (unpaired) electrons. The third-order valence-electron chi connectivity index (χ3n) is 3.67. The molecule has 1 heterocycles. The minimum atomic E-state index is 0.764. The minimum absolute atomic E-state index is 0.764. The molecule has 1 aromatic rings. The molecule has 0 amide bonds. The number of rotatable bonds is 5. The van der Waals surface area contributed by atoms with Crippen LogP contribution >= 0.6 is 0 Å². The zero-order chi connectivity index (χ0) is 11.2. The second kappa shape index (κ2) is 6.06. The van der Waals surface area contributed by atoms with Crippen molar-refractivity contribution in [2.75, 3.05) is 13.6 Å². The molecule has 1 saturated carbocycles. The fraction of sp³-hybridized carbons (Fsp3) is 0.692. The molecule has 0 saturated heterocycles. The lowest BCUT2D eigenvalue weighted by Gasteiger charge is -2.28. The molecule has 0 aromatic carbocycles. The predicted molar refractivity (Wildman–Crippen MR) is 67.3 cm³/mol. The first-order chi connectivity index (χ1) is 7.88. The van der Waals surface area contributed by atoms with Gasteiger partial charge in [-0.2, -0.15) is 0 Å². The SMILES string of the molecule is CNC1CCC(CNCc2ccc[nH]2)CC1. The Kier molecular flexibility index (Phi) is 4.43. The highest BCUT2D eigenvalue weighted by Crippen LogP contribution is 2.23. The molecule has 1 aromatic heterocycles. The van der Waals surface area contributed by atoms with Gasteiger partial charge in [0.1, 0.15) is 0 Å². The van der Waals surface area contributed by atoms with Gasteiger partial charge in [-0.05, 0) is 57.3 Å². The molecule has 16 heavy (non-hydrogen) atoms. The van der Waals surface area contributed by atoms with Gasteiger partial charge in [0.15, 0.2) is 0 Å². The van der Waals surface area contributed by atoms with E-state index in [-0.39, 0.29) is 0 Å². The molecule has 1 fully saturated rings. The highest BCUT2D eigenvalue weighted by atomic mass is 14.9. The molecule has 0 aliphatic heterocycles. The standard InChI is InChI=1S/C13H23N3/c1-14-12-6-4-11(5-7-12)9-15-10-13-3-2-8-16-13/h2-3,8,11-12,14-16H,4-7,9-10H2,1H3. The zero-order valence-corrected chi connectivity index (χ0v) is 10.1. The maximum atomic E-state index is 3.54. The van der Waals surface area contributed by atoms with Crippen LogP contribution in [0, 0.1) is 5.92 Å². The van der Waals surface area contributed by atoms with E-state index in [2.05, 4.69) is 34.8 Å². The molecule has 1 aliphatic carbocycles. The van der Waals surface area contributed by atoms with Gasteiger partial charge in [0.2, 0.25) is 0 Å². The van der Waals surface area contributed by atoms with Crippen molar-refractivity contribution in [3.8, 4) is 0 Å². The second-order valence-electron chi connectivity index (χ2n) is 4.83. The predicted octanol–water partition coefficient (Wildman–Crippen LogP) is 1.88. The largest absolute Gasteiger partial charge is 0.364 e. The van der Waals surface area contributed by atoms with E-state index in [1.54, 1.807) is 0 Å². The van der Waals surface area contributed by atoms with Crippen LogP contribution in [0.15, 0.2) is 18.3 Å². The molecular formula is C13H23N3. The summed E-state index contributed by atoms with van der Waals surface area (Å²) in [5.74, 6) is 0.875. The first-order valence-electron chi connectivity index (χ1n) is 6.38. The molecule has 0 unspecified atom stereocenters. The van der Waals surface area contributed by atoms with Gasteiger partial charge >= 0.3 is 0 Å². The molecular weight excluding hydrogens is 198 g/mol. The Bertz CT molecular complexity index is 273. The average molecular weight is 221 g/mol. The van der Waals surface area contributed by atoms with Crippen molar-refractivity contribution in [1.29, 1.82) is 0 Å². The Balaban J connectivity index is 1.60. The van der Waals surface area contributed by atoms with Crippen molar-refractivity contribution in [3.05, 3.63) is 24.0 Å². The Hall–Kier alpha value is -0.800. The first-order valence-corrected chi connectivity index (χ1v) is 6.38. The summed E-state index contributed by atoms with van der Waals surface area (Å²) in [6, 6.07) is 4.94. The Morgan fingerprint density at radius 2 is 2.12 bits per heavy atom. The molecule has 0 bridgehead atoms. The molecule has 0 spiro atoms. The van der Waals surface area contributed by atoms with Gasteiger partial charge in [0, 0.05) is 24.5 Å². The molecule has 1 aliphatic rings. The van der Waals surface area contributed by atoms with Gasteiger partial charge in [0.25, 0.3) is 0 Å². The molecule has 3 heteroatoms. The van der Waals surface area contributed by atoms with Crippen molar-refractivity contribution >= 4 is 0 Å². The summed E-state index contributed by atoms with van der Waals surface area (Å²) in [4.78, 5) is 3.22. The van der Waals surface area contributed by atoms with Crippen LogP contribution in [-0.4, -0.2) is 24.6 Å². The Morgan fingerprint density at radius 1 is 1.31 bits per heavy atom. The quantitative estimate of drug-likeness (QED) is 0.710. The summed E-state index contributed by atoms with van der Waals surface area (Å²) < 4.78 is 0. The van der Waals surface area contributed by atoms with Crippen LogP contribution in [0.1, 0.15) is 31.4 Å². The van der Waals surface area contributed by atoms with Crippen LogP contribution in [0.4, 0.5) is 0 Å². The van der Waals surface area contributed by atoms with Gasteiger partial charge in [-0.25, -0.2) is 0 Å². The van der Waals surface area contributed by atoms with E-state index in [0.717, 1.165) is 25.0 Å². The van der Waals surface area contributed by atoms with Crippen LogP contribution in [0.3, 0.4) is 0 Å². The minimum Gasteiger partial charge on any atom is -0.364 e. The highest BCUT2D eigenvalue weighted by molar-refractivity contribution is 5.02. The third kappa shape index (κ3) is 3.35. The topological polar surface area (TPSA) is 39.8 Å². The van der Waals surface area contributed by atoms with Crippen LogP contribution in [0.5, 0.6) is 0 Å². The highest BCUT2D eigenvalue weighted by Gasteiger charge is 2.19. The van der Waals surface area contributed by atoms with Crippen molar-refractivity contribution in [1.82, 2.24) is 15.6 Å². The van der Waals surface area contributed by atoms with Crippen molar-refractivity contribution in [2.24, 2.45) is 5.92 Å². The fourth-order valence-corrected chi connectivity index (χ4v) is 2.54. The van der Waals surface area contributed by atoms with Gasteiger partial charge < -0.3 is 15.6 Å². The van der Waals surface area contributed by atoms with Crippen molar-refractivity contribution in [3.63, 3.8) is 0 Å². The maximum Gasteiger partial charge on any atom is 0.0357 e. The second-order valence-corrected chi connectivity index (χ2v) is 4.83. The molecule has 2 rings (SSSR count). The summed E-state index contributed by atoms with van der Waals surface area (Å²) in [5, 5.41) is 6.92. The van der Waals surface area contributed by atoms with E-state index in [1.807, 2.05) is 6.20 Å². The number of hydrogen-bond donors (Lipinski definition) is 3. The normalized spacial score (nSPS) is 25.8. The summed E-state index contributed by atoms with van der Waals surface area (Å²) >= 11 is 0. The lowest BCUT2D eigenvalue weighted by Crippen LogP contribution is -2.33. The first kappa shape index (κ1) is 11.7. The van der Waals surface area contributed by atoms with E-state index in [0.29, 0.717) is 0 Å². The van der Waals surface area contributed by atoms with Crippen LogP contribution in [-0.2, 0) is 6.54 Å². The number of nitrogens with one attached hydrogen (secondary N) is 3. The zero-order valence-electron chi connectivity index (χ0n) is 10.1. The van der Waals surface area contributed by atoms with Crippen molar-refractivity contribution in [2.45, 2.75) is 38.3 Å². The van der Waals surface area contributed by atoms with Gasteiger partial charge in [-0.1, -0.05) is 0 Å². The average Bonchev–Trinajstić information content (AvgIpc) is 2.83. The number of aromatic amines is 1. The van der Waals surface area contributed by atoms with Crippen molar-refractivity contribution < 1.29 is 0 Å². The fourth-order valence-electron chi connectivity index (χ4n) is 2.54. The monoisotopic (exact) mass is 221 g/mol. The maximum absolute atomic E-state index is 3.54. The molecule has 90 valence electrons. The van der Waals surface area contributed by atoms with Gasteiger partial charge in [-0.3, -0.25) is 0 Å². The van der Waals surface area contributed by atoms with Gasteiger partial charge in [0.05, 0.1) is 0 Å². The lowest BCUT2D eigenvalue weighted by molar-refractivity contribution is 0.292. The van der Waals surface area contributed by atoms with E-state index in [4.69, 9.17) is 0 Å². The van der Waals surface area contributed by atoms with E-state index in [1.165, 1.54) is 31.4 Å². The summed E-state index contributed by atoms with van der Waals surface area (Å²) in [5.41, 5.74) is 1.28. The summed E-state index contributed by atoms with van der Waals surface area (Å²) in [6.45, 7) is 2.13. The molecule has 3 N–H and O–H groups in total. The van der Waals surface area contributed by atoms with Crippen LogP contribution < -0.4 is 10.6 Å². The van der Waals surface area contributed by atoms with Crippen LogP contribution in [0.25, 0.3) is 0 Å². The Morgan fingerprint density at radius 3 is 2.75 bits per heavy atom. The third-order valence-corrected chi connectivity index (χ3v) is 3.67. The number of H-pyrrole nitrogens is 1. The van der Waals surface area contributed by atoms with E-state index < -0.39 is 0 Å². The summed E-state index contributed by atoms with van der Waals surface area (Å²) in [6.07, 6.45) is 7.39. The van der Waals surface area contributed by atoms with Crippen LogP contribution in [0.2, 0.25) is 0 Å². The smallest absolute Gasteiger partial charge is 0.0357 e. The molecule has 3 nitrogen and oxygen atoms in total. The summed E-state index contributed by atoms with van der Waals surface area (Å²) in [7, 11) is 2.08. The molecule has 0 atom stereocenters. The van der Waals surface area contributed by atoms with E-state index in [9.17, 15) is 0 Å². The lowest BCUT2D eigenvalue weighted by atomic mass is 9.86.